The number of aryl methyl sites for hydroxylation is 1. The summed E-state index contributed by atoms with van der Waals surface area (Å²) in [4.78, 5) is 10.6. The van der Waals surface area contributed by atoms with Crippen molar-refractivity contribution >= 4 is 5.97 Å². The van der Waals surface area contributed by atoms with E-state index in [-0.39, 0.29) is 6.42 Å². The van der Waals surface area contributed by atoms with Gasteiger partial charge in [-0.2, -0.15) is 0 Å². The van der Waals surface area contributed by atoms with E-state index in [0.29, 0.717) is 19.6 Å². The minimum absolute atomic E-state index is 0.135. The van der Waals surface area contributed by atoms with Crippen LogP contribution in [0.3, 0.4) is 0 Å². The van der Waals surface area contributed by atoms with Crippen molar-refractivity contribution in [2.75, 3.05) is 13.2 Å². The Bertz CT molecular complexity index is 857. The van der Waals surface area contributed by atoms with Gasteiger partial charge in [-0.3, -0.25) is 4.79 Å². The quantitative estimate of drug-likeness (QED) is 0.554. The largest absolute Gasteiger partial charge is 0.490 e. The molecule has 27 heavy (non-hydrogen) atoms. The zero-order valence-corrected chi connectivity index (χ0v) is 15.0. The molecule has 0 aliphatic rings. The Hall–Kier alpha value is -3.27. The van der Waals surface area contributed by atoms with E-state index >= 15 is 0 Å². The van der Waals surface area contributed by atoms with Crippen LogP contribution in [0.1, 0.15) is 12.0 Å². The first-order chi connectivity index (χ1) is 13.2. The topological polar surface area (TPSA) is 55.8 Å². The van der Waals surface area contributed by atoms with Gasteiger partial charge in [0.15, 0.2) is 0 Å². The van der Waals surface area contributed by atoms with Gasteiger partial charge in [0.2, 0.25) is 0 Å². The van der Waals surface area contributed by atoms with Gasteiger partial charge >= 0.3 is 5.97 Å². The summed E-state index contributed by atoms with van der Waals surface area (Å²) in [5.41, 5.74) is 3.26. The predicted molar refractivity (Wildman–Crippen MR) is 105 cm³/mol. The lowest BCUT2D eigenvalue weighted by Crippen LogP contribution is -2.09. The van der Waals surface area contributed by atoms with Crippen LogP contribution in [0.15, 0.2) is 78.9 Å². The molecular weight excluding hydrogens is 340 g/mol. The third-order valence-electron chi connectivity index (χ3n) is 4.11. The van der Waals surface area contributed by atoms with Gasteiger partial charge < -0.3 is 14.6 Å². The summed E-state index contributed by atoms with van der Waals surface area (Å²) >= 11 is 0. The highest BCUT2D eigenvalue weighted by Gasteiger charge is 2.02. The van der Waals surface area contributed by atoms with Crippen molar-refractivity contribution in [2.24, 2.45) is 0 Å². The van der Waals surface area contributed by atoms with Gasteiger partial charge in [0.1, 0.15) is 24.7 Å². The molecule has 3 aromatic rings. The molecule has 0 atom stereocenters. The van der Waals surface area contributed by atoms with Crippen LogP contribution >= 0.6 is 0 Å². The molecule has 4 nitrogen and oxygen atoms in total. The minimum atomic E-state index is -0.788. The number of carbonyl (C=O) groups is 1. The highest BCUT2D eigenvalue weighted by Crippen LogP contribution is 2.23. The van der Waals surface area contributed by atoms with E-state index in [0.717, 1.165) is 28.2 Å². The molecule has 0 aliphatic carbocycles. The van der Waals surface area contributed by atoms with Crippen LogP contribution < -0.4 is 9.47 Å². The fourth-order valence-electron chi connectivity index (χ4n) is 2.72. The molecule has 0 saturated heterocycles. The molecule has 0 heterocycles. The molecule has 0 bridgehead atoms. The zero-order chi connectivity index (χ0) is 18.9. The van der Waals surface area contributed by atoms with Gasteiger partial charge in [-0.05, 0) is 47.4 Å². The van der Waals surface area contributed by atoms with Gasteiger partial charge in [-0.15, -0.1) is 0 Å². The number of ether oxygens (including phenoxy) is 2. The van der Waals surface area contributed by atoms with Gasteiger partial charge in [-0.25, -0.2) is 0 Å². The van der Waals surface area contributed by atoms with E-state index in [4.69, 9.17) is 14.6 Å². The molecule has 0 amide bonds. The third-order valence-corrected chi connectivity index (χ3v) is 4.11. The number of hydrogen-bond donors (Lipinski definition) is 1. The summed E-state index contributed by atoms with van der Waals surface area (Å²) < 4.78 is 11.5. The Morgan fingerprint density at radius 1 is 0.741 bits per heavy atom. The van der Waals surface area contributed by atoms with E-state index in [1.165, 1.54) is 0 Å². The van der Waals surface area contributed by atoms with Crippen molar-refractivity contribution in [3.8, 4) is 22.6 Å². The second-order valence-electron chi connectivity index (χ2n) is 6.13. The zero-order valence-electron chi connectivity index (χ0n) is 15.0. The number of aliphatic carboxylic acids is 1. The Balaban J connectivity index is 1.46. The van der Waals surface area contributed by atoms with Crippen LogP contribution in [0.4, 0.5) is 0 Å². The second kappa shape index (κ2) is 9.43. The molecule has 0 spiro atoms. The molecule has 1 N–H and O–H groups in total. The number of carboxylic acids is 1. The molecule has 0 aliphatic heterocycles. The Morgan fingerprint density at radius 3 is 2.11 bits per heavy atom. The van der Waals surface area contributed by atoms with Gasteiger partial charge in [0.05, 0.1) is 0 Å². The molecule has 0 radical (unpaired) electrons. The van der Waals surface area contributed by atoms with Gasteiger partial charge in [-0.1, -0.05) is 54.6 Å². The minimum Gasteiger partial charge on any atom is -0.490 e. The summed E-state index contributed by atoms with van der Waals surface area (Å²) in [6, 6.07) is 25.7. The van der Waals surface area contributed by atoms with Crippen molar-refractivity contribution in [3.63, 3.8) is 0 Å². The van der Waals surface area contributed by atoms with Crippen LogP contribution in [0.2, 0.25) is 0 Å². The van der Waals surface area contributed by atoms with E-state index in [2.05, 4.69) is 18.2 Å². The van der Waals surface area contributed by atoms with Crippen LogP contribution in [0, 0.1) is 0 Å². The fourth-order valence-corrected chi connectivity index (χ4v) is 2.72. The number of benzene rings is 3. The fraction of sp³-hybridized carbons (Fsp3) is 0.174. The molecule has 0 unspecified atom stereocenters. The lowest BCUT2D eigenvalue weighted by atomic mass is 10.1. The highest BCUT2D eigenvalue weighted by atomic mass is 16.5. The Labute approximate surface area is 159 Å². The monoisotopic (exact) mass is 362 g/mol. The van der Waals surface area contributed by atoms with E-state index in [9.17, 15) is 4.79 Å². The Kier molecular flexibility index (Phi) is 6.47. The van der Waals surface area contributed by atoms with Crippen molar-refractivity contribution in [2.45, 2.75) is 12.8 Å². The smallest absolute Gasteiger partial charge is 0.303 e. The summed E-state index contributed by atoms with van der Waals surface area (Å²) in [5, 5.41) is 8.71. The predicted octanol–water partition coefficient (Wildman–Crippen LogP) is 4.83. The summed E-state index contributed by atoms with van der Waals surface area (Å²) in [6.45, 7) is 0.878. The average Bonchev–Trinajstić information content (AvgIpc) is 2.71. The molecule has 3 rings (SSSR count). The van der Waals surface area contributed by atoms with Crippen LogP contribution in [-0.2, 0) is 11.2 Å². The van der Waals surface area contributed by atoms with Gasteiger partial charge in [0, 0.05) is 6.42 Å². The normalized spacial score (nSPS) is 10.4. The van der Waals surface area contributed by atoms with Crippen LogP contribution in [-0.4, -0.2) is 24.3 Å². The first-order valence-corrected chi connectivity index (χ1v) is 8.92. The van der Waals surface area contributed by atoms with Crippen molar-refractivity contribution in [1.82, 2.24) is 0 Å². The van der Waals surface area contributed by atoms with E-state index < -0.39 is 5.97 Å². The van der Waals surface area contributed by atoms with Gasteiger partial charge in [0.25, 0.3) is 0 Å². The SMILES string of the molecule is O=C(O)CCc1ccc(OCCOc2cccc(-c3ccccc3)c2)cc1. The van der Waals surface area contributed by atoms with Crippen molar-refractivity contribution < 1.29 is 19.4 Å². The second-order valence-corrected chi connectivity index (χ2v) is 6.13. The summed E-state index contributed by atoms with van der Waals surface area (Å²) in [7, 11) is 0. The molecule has 0 fully saturated rings. The first kappa shape index (κ1) is 18.5. The Morgan fingerprint density at radius 2 is 1.41 bits per heavy atom. The number of rotatable bonds is 9. The summed E-state index contributed by atoms with van der Waals surface area (Å²) in [6.07, 6.45) is 0.659. The number of hydrogen-bond acceptors (Lipinski definition) is 3. The molecule has 3 aromatic carbocycles. The van der Waals surface area contributed by atoms with E-state index in [1.54, 1.807) is 0 Å². The lowest BCUT2D eigenvalue weighted by molar-refractivity contribution is -0.136. The number of carboxylic acid groups (broad SMARTS) is 1. The molecule has 0 saturated carbocycles. The highest BCUT2D eigenvalue weighted by molar-refractivity contribution is 5.67. The third kappa shape index (κ3) is 5.89. The molecule has 0 aromatic heterocycles. The molecule has 4 heteroatoms. The maximum absolute atomic E-state index is 10.6. The summed E-state index contributed by atoms with van der Waals surface area (Å²) in [5.74, 6) is 0.767. The molecule has 138 valence electrons. The van der Waals surface area contributed by atoms with Crippen LogP contribution in [0.25, 0.3) is 11.1 Å². The molecular formula is C23H22O4. The first-order valence-electron chi connectivity index (χ1n) is 8.92. The average molecular weight is 362 g/mol. The maximum Gasteiger partial charge on any atom is 0.303 e. The van der Waals surface area contributed by atoms with Crippen molar-refractivity contribution in [1.29, 1.82) is 0 Å². The standard InChI is InChI=1S/C23H22O4/c24-23(25)14-11-18-9-12-21(13-10-18)26-15-16-27-22-8-4-7-20(17-22)19-5-2-1-3-6-19/h1-10,12-13,17H,11,14-16H2,(H,24,25). The van der Waals surface area contributed by atoms with Crippen molar-refractivity contribution in [3.05, 3.63) is 84.4 Å². The van der Waals surface area contributed by atoms with Crippen LogP contribution in [0.5, 0.6) is 11.5 Å². The maximum atomic E-state index is 10.6. The lowest BCUT2D eigenvalue weighted by Gasteiger charge is -2.10. The van der Waals surface area contributed by atoms with E-state index in [1.807, 2.05) is 60.7 Å².